The normalized spacial score (nSPS) is 21.6. The average molecular weight is 328 g/mol. The molecule has 1 unspecified atom stereocenters. The van der Waals surface area contributed by atoms with Crippen LogP contribution in [-0.4, -0.2) is 34.4 Å². The first-order valence-corrected chi connectivity index (χ1v) is 9.96. The summed E-state index contributed by atoms with van der Waals surface area (Å²) in [4.78, 5) is 0. The molecule has 2 rings (SSSR count). The Morgan fingerprint density at radius 2 is 1.95 bits per heavy atom. The van der Waals surface area contributed by atoms with Crippen molar-refractivity contribution in [2.75, 3.05) is 11.5 Å². The summed E-state index contributed by atoms with van der Waals surface area (Å²) in [6, 6.07) is 7.67. The number of rotatable bonds is 4. The van der Waals surface area contributed by atoms with Crippen LogP contribution in [0.2, 0.25) is 0 Å². The Labute approximate surface area is 124 Å². The van der Waals surface area contributed by atoms with Gasteiger partial charge in [0.2, 0.25) is 10.0 Å². The summed E-state index contributed by atoms with van der Waals surface area (Å²) in [6.45, 7) is 0. The molecule has 0 bridgehead atoms. The lowest BCUT2D eigenvalue weighted by atomic mass is 10.2. The average Bonchev–Trinajstić information content (AvgIpc) is 2.37. The van der Waals surface area contributed by atoms with Crippen molar-refractivity contribution >= 4 is 19.9 Å². The van der Waals surface area contributed by atoms with E-state index in [0.717, 1.165) is 0 Å². The number of nitriles is 1. The zero-order valence-corrected chi connectivity index (χ0v) is 13.0. The highest BCUT2D eigenvalue weighted by Crippen LogP contribution is 2.14. The van der Waals surface area contributed by atoms with E-state index in [2.05, 4.69) is 4.72 Å². The number of nitrogens with one attached hydrogen (secondary N) is 1. The van der Waals surface area contributed by atoms with E-state index in [9.17, 15) is 16.8 Å². The van der Waals surface area contributed by atoms with Gasteiger partial charge >= 0.3 is 0 Å². The molecule has 1 heterocycles. The Hall–Kier alpha value is -1.43. The number of hydrogen-bond acceptors (Lipinski definition) is 5. The van der Waals surface area contributed by atoms with Gasteiger partial charge in [-0.25, -0.2) is 21.6 Å². The van der Waals surface area contributed by atoms with Crippen molar-refractivity contribution in [2.24, 2.45) is 0 Å². The van der Waals surface area contributed by atoms with Gasteiger partial charge in [-0.15, -0.1) is 0 Å². The SMILES string of the molecule is N#Cc1ccc(CS(=O)(=O)NC2CCCS(=O)(=O)C2)cc1. The molecule has 21 heavy (non-hydrogen) atoms. The third-order valence-corrected chi connectivity index (χ3v) is 6.48. The lowest BCUT2D eigenvalue weighted by Gasteiger charge is -2.22. The van der Waals surface area contributed by atoms with Gasteiger partial charge in [0.1, 0.15) is 0 Å². The maximum atomic E-state index is 12.1. The van der Waals surface area contributed by atoms with Crippen LogP contribution in [0.4, 0.5) is 0 Å². The molecular formula is C13H16N2O4S2. The molecule has 1 saturated heterocycles. The molecule has 114 valence electrons. The highest BCUT2D eigenvalue weighted by Gasteiger charge is 2.28. The summed E-state index contributed by atoms with van der Waals surface area (Å²) in [5.41, 5.74) is 1.02. The standard InChI is InChI=1S/C13H16N2O4S2/c14-8-11-3-5-12(6-4-11)9-21(18,19)15-13-2-1-7-20(16,17)10-13/h3-6,13,15H,1-2,7,9-10H2. The van der Waals surface area contributed by atoms with Crippen molar-refractivity contribution in [3.63, 3.8) is 0 Å². The molecule has 1 aromatic carbocycles. The Bertz CT molecular complexity index is 746. The number of hydrogen-bond donors (Lipinski definition) is 1. The van der Waals surface area contributed by atoms with Crippen LogP contribution < -0.4 is 4.72 Å². The quantitative estimate of drug-likeness (QED) is 0.869. The molecular weight excluding hydrogens is 312 g/mol. The Kier molecular flexibility index (Phi) is 4.66. The predicted octanol–water partition coefficient (Wildman–Crippen LogP) is 0.555. The molecule has 0 radical (unpaired) electrons. The van der Waals surface area contributed by atoms with Gasteiger partial charge in [0.05, 0.1) is 28.9 Å². The molecule has 1 aliphatic heterocycles. The van der Waals surface area contributed by atoms with Crippen LogP contribution in [0.3, 0.4) is 0 Å². The van der Waals surface area contributed by atoms with Crippen LogP contribution >= 0.6 is 0 Å². The minimum atomic E-state index is -3.60. The van der Waals surface area contributed by atoms with Crippen LogP contribution in [-0.2, 0) is 25.6 Å². The van der Waals surface area contributed by atoms with Crippen LogP contribution in [0, 0.1) is 11.3 Å². The fraction of sp³-hybridized carbons (Fsp3) is 0.462. The second-order valence-corrected chi connectivity index (χ2v) is 9.12. The van der Waals surface area contributed by atoms with Gasteiger partial charge < -0.3 is 0 Å². The highest BCUT2D eigenvalue weighted by molar-refractivity contribution is 7.91. The second-order valence-electron chi connectivity index (χ2n) is 5.14. The maximum absolute atomic E-state index is 12.1. The van der Waals surface area contributed by atoms with Crippen molar-refractivity contribution in [3.8, 4) is 6.07 Å². The molecule has 1 N–H and O–H groups in total. The zero-order valence-electron chi connectivity index (χ0n) is 11.3. The van der Waals surface area contributed by atoms with Gasteiger partial charge in [0, 0.05) is 6.04 Å². The van der Waals surface area contributed by atoms with Gasteiger partial charge in [0.25, 0.3) is 0 Å². The van der Waals surface area contributed by atoms with Crippen LogP contribution in [0.1, 0.15) is 24.0 Å². The van der Waals surface area contributed by atoms with E-state index in [1.54, 1.807) is 24.3 Å². The molecule has 6 nitrogen and oxygen atoms in total. The fourth-order valence-electron chi connectivity index (χ4n) is 2.31. The summed E-state index contributed by atoms with van der Waals surface area (Å²) in [5.74, 6) is -0.240. The van der Waals surface area contributed by atoms with Crippen LogP contribution in [0.15, 0.2) is 24.3 Å². The molecule has 0 aliphatic carbocycles. The number of nitrogens with zero attached hydrogens (tertiary/aromatic N) is 1. The summed E-state index contributed by atoms with van der Waals surface area (Å²) in [5, 5.41) is 8.69. The largest absolute Gasteiger partial charge is 0.229 e. The van der Waals surface area contributed by atoms with E-state index in [4.69, 9.17) is 5.26 Å². The lowest BCUT2D eigenvalue weighted by Crippen LogP contribution is -2.43. The smallest absolute Gasteiger partial charge is 0.216 e. The third kappa shape index (κ3) is 4.81. The van der Waals surface area contributed by atoms with Gasteiger partial charge in [-0.05, 0) is 30.5 Å². The maximum Gasteiger partial charge on any atom is 0.216 e. The molecule has 1 fully saturated rings. The van der Waals surface area contributed by atoms with Crippen molar-refractivity contribution in [1.29, 1.82) is 5.26 Å². The van der Waals surface area contributed by atoms with Gasteiger partial charge in [-0.3, -0.25) is 0 Å². The molecule has 1 atom stereocenters. The van der Waals surface area contributed by atoms with E-state index in [-0.39, 0.29) is 17.3 Å². The first-order valence-electron chi connectivity index (χ1n) is 6.49. The van der Waals surface area contributed by atoms with Gasteiger partial charge in [-0.2, -0.15) is 5.26 Å². The number of benzene rings is 1. The van der Waals surface area contributed by atoms with E-state index in [0.29, 0.717) is 24.0 Å². The van der Waals surface area contributed by atoms with Gasteiger partial charge in [0.15, 0.2) is 9.84 Å². The van der Waals surface area contributed by atoms with Crippen molar-refractivity contribution in [2.45, 2.75) is 24.6 Å². The van der Waals surface area contributed by atoms with E-state index in [1.165, 1.54) is 0 Å². The predicted molar refractivity (Wildman–Crippen MR) is 78.6 cm³/mol. The molecule has 1 aromatic rings. The van der Waals surface area contributed by atoms with E-state index < -0.39 is 25.9 Å². The summed E-state index contributed by atoms with van der Waals surface area (Å²) in [7, 11) is -6.75. The van der Waals surface area contributed by atoms with Gasteiger partial charge in [-0.1, -0.05) is 12.1 Å². The number of sulfone groups is 1. The Morgan fingerprint density at radius 1 is 1.29 bits per heavy atom. The van der Waals surface area contributed by atoms with E-state index >= 15 is 0 Å². The third-order valence-electron chi connectivity index (χ3n) is 3.25. The molecule has 0 aromatic heterocycles. The summed E-state index contributed by atoms with van der Waals surface area (Å²) >= 11 is 0. The molecule has 8 heteroatoms. The second kappa shape index (κ2) is 6.13. The highest BCUT2D eigenvalue weighted by atomic mass is 32.2. The van der Waals surface area contributed by atoms with E-state index in [1.807, 2.05) is 6.07 Å². The molecule has 0 saturated carbocycles. The monoisotopic (exact) mass is 328 g/mol. The minimum Gasteiger partial charge on any atom is -0.229 e. The Balaban J connectivity index is 2.03. The molecule has 0 amide bonds. The molecule has 1 aliphatic rings. The summed E-state index contributed by atoms with van der Waals surface area (Å²) in [6.07, 6.45) is 1.01. The van der Waals surface area contributed by atoms with Crippen molar-refractivity contribution in [3.05, 3.63) is 35.4 Å². The van der Waals surface area contributed by atoms with Crippen LogP contribution in [0.25, 0.3) is 0 Å². The number of sulfonamides is 1. The topological polar surface area (TPSA) is 104 Å². The fourth-order valence-corrected chi connectivity index (χ4v) is 5.47. The Morgan fingerprint density at radius 3 is 2.52 bits per heavy atom. The van der Waals surface area contributed by atoms with Crippen LogP contribution in [0.5, 0.6) is 0 Å². The van der Waals surface area contributed by atoms with Crippen molar-refractivity contribution in [1.82, 2.24) is 4.72 Å². The summed E-state index contributed by atoms with van der Waals surface area (Å²) < 4.78 is 49.6. The first kappa shape index (κ1) is 15.9. The minimum absolute atomic E-state index is 0.126. The lowest BCUT2D eigenvalue weighted by molar-refractivity contribution is 0.517. The van der Waals surface area contributed by atoms with Crippen molar-refractivity contribution < 1.29 is 16.8 Å². The zero-order chi connectivity index (χ0) is 15.5. The molecule has 0 spiro atoms. The first-order chi connectivity index (χ1) is 9.80.